The number of halogens is 1. The van der Waals surface area contributed by atoms with Crippen LogP contribution in [0.5, 0.6) is 0 Å². The zero-order chi connectivity index (χ0) is 9.26. The van der Waals surface area contributed by atoms with E-state index in [0.717, 1.165) is 16.5 Å². The van der Waals surface area contributed by atoms with Crippen LogP contribution in [-0.2, 0) is 6.61 Å². The lowest BCUT2D eigenvalue weighted by molar-refractivity contribution is 0.283. The molecule has 0 aliphatic rings. The maximum Gasteiger partial charge on any atom is 0.0703 e. The Hall–Kier alpha value is -0.200. The molecule has 4 heteroatoms. The average molecular weight is 305 g/mol. The molecule has 1 aromatic heterocycles. The van der Waals surface area contributed by atoms with Gasteiger partial charge in [0.25, 0.3) is 0 Å². The van der Waals surface area contributed by atoms with Gasteiger partial charge < -0.3 is 5.11 Å². The minimum absolute atomic E-state index is 0.102. The summed E-state index contributed by atoms with van der Waals surface area (Å²) in [6, 6.07) is 8.08. The molecule has 0 bridgehead atoms. The van der Waals surface area contributed by atoms with Gasteiger partial charge in [0, 0.05) is 47.5 Å². The van der Waals surface area contributed by atoms with Crippen LogP contribution < -0.4 is 0 Å². The number of hydrogen-bond donors (Lipinski definition) is 1. The van der Waals surface area contributed by atoms with Crippen LogP contribution >= 0.6 is 30.3 Å². The minimum atomic E-state index is 0.102. The SMILES string of the molecule is OCc1cn(SI)c2ccccc12. The Morgan fingerprint density at radius 3 is 2.85 bits per heavy atom. The van der Waals surface area contributed by atoms with Crippen LogP contribution in [0.1, 0.15) is 5.56 Å². The van der Waals surface area contributed by atoms with E-state index in [1.54, 1.807) is 9.12 Å². The molecule has 1 heterocycles. The van der Waals surface area contributed by atoms with E-state index in [1.165, 1.54) is 0 Å². The first-order valence-corrected chi connectivity index (χ1v) is 7.17. The Balaban J connectivity index is 2.74. The topological polar surface area (TPSA) is 25.2 Å². The van der Waals surface area contributed by atoms with E-state index in [9.17, 15) is 0 Å². The van der Waals surface area contributed by atoms with Gasteiger partial charge in [0.15, 0.2) is 0 Å². The highest BCUT2D eigenvalue weighted by Crippen LogP contribution is 2.27. The van der Waals surface area contributed by atoms with Crippen molar-refractivity contribution < 1.29 is 5.11 Å². The molecule has 0 saturated carbocycles. The molecule has 0 spiro atoms. The van der Waals surface area contributed by atoms with Crippen molar-refractivity contribution in [2.75, 3.05) is 0 Å². The number of rotatable bonds is 2. The third kappa shape index (κ3) is 1.58. The second-order valence-corrected chi connectivity index (χ2v) is 4.44. The number of aliphatic hydroxyl groups excluding tert-OH is 1. The summed E-state index contributed by atoms with van der Waals surface area (Å²) in [5, 5.41) is 10.3. The summed E-state index contributed by atoms with van der Waals surface area (Å²) in [6.07, 6.45) is 1.97. The number of fused-ring (bicyclic) bond motifs is 1. The highest BCUT2D eigenvalue weighted by Gasteiger charge is 2.05. The van der Waals surface area contributed by atoms with Gasteiger partial charge in [-0.2, -0.15) is 0 Å². The molecule has 0 amide bonds. The van der Waals surface area contributed by atoms with Crippen molar-refractivity contribution in [2.24, 2.45) is 0 Å². The smallest absolute Gasteiger partial charge is 0.0703 e. The number of benzene rings is 1. The lowest BCUT2D eigenvalue weighted by Gasteiger charge is -1.95. The second-order valence-electron chi connectivity index (χ2n) is 2.72. The summed E-state index contributed by atoms with van der Waals surface area (Å²) in [7, 11) is 1.61. The zero-order valence-corrected chi connectivity index (χ0v) is 9.75. The molecule has 1 aromatic carbocycles. The van der Waals surface area contributed by atoms with Gasteiger partial charge in [-0.15, -0.1) is 0 Å². The number of nitrogens with zero attached hydrogens (tertiary/aromatic N) is 1. The predicted molar refractivity (Wildman–Crippen MR) is 64.9 cm³/mol. The highest BCUT2D eigenvalue weighted by atomic mass is 127. The second kappa shape index (κ2) is 3.89. The molecule has 0 aliphatic heterocycles. The van der Waals surface area contributed by atoms with Crippen molar-refractivity contribution >= 4 is 41.2 Å². The van der Waals surface area contributed by atoms with E-state index in [-0.39, 0.29) is 6.61 Å². The Morgan fingerprint density at radius 2 is 2.15 bits per heavy atom. The van der Waals surface area contributed by atoms with E-state index < -0.39 is 0 Å². The van der Waals surface area contributed by atoms with Gasteiger partial charge >= 0.3 is 0 Å². The van der Waals surface area contributed by atoms with E-state index in [1.807, 2.05) is 24.4 Å². The lowest BCUT2D eigenvalue weighted by Crippen LogP contribution is -1.77. The first kappa shape index (κ1) is 9.36. The fourth-order valence-electron chi connectivity index (χ4n) is 1.40. The van der Waals surface area contributed by atoms with Crippen LogP contribution in [0.4, 0.5) is 0 Å². The summed E-state index contributed by atoms with van der Waals surface area (Å²) in [5.74, 6) is 0. The van der Waals surface area contributed by atoms with Crippen molar-refractivity contribution in [2.45, 2.75) is 6.61 Å². The molecule has 0 unspecified atom stereocenters. The molecular formula is C9H8INOS. The van der Waals surface area contributed by atoms with Crippen LogP contribution in [0.3, 0.4) is 0 Å². The van der Waals surface area contributed by atoms with Crippen molar-refractivity contribution in [1.82, 2.24) is 3.97 Å². The predicted octanol–water partition coefficient (Wildman–Crippen LogP) is 2.98. The molecule has 13 heavy (non-hydrogen) atoms. The van der Waals surface area contributed by atoms with Gasteiger partial charge in [0.1, 0.15) is 0 Å². The van der Waals surface area contributed by atoms with E-state index in [0.29, 0.717) is 0 Å². The Kier molecular flexibility index (Phi) is 2.80. The summed E-state index contributed by atoms with van der Waals surface area (Å²) in [6.45, 7) is 0.102. The molecule has 0 radical (unpaired) electrons. The standard InChI is InChI=1S/C9H8INOS/c10-13-11-5-7(6-12)8-3-1-2-4-9(8)11/h1-5,12H,6H2. The Bertz CT molecular complexity index is 388. The molecule has 68 valence electrons. The molecule has 1 N–H and O–H groups in total. The molecule has 2 aromatic rings. The normalized spacial score (nSPS) is 10.9. The summed E-state index contributed by atoms with van der Waals surface area (Å²) >= 11 is 2.23. The summed E-state index contributed by atoms with van der Waals surface area (Å²) < 4.78 is 2.06. The van der Waals surface area contributed by atoms with Gasteiger partial charge in [-0.25, -0.2) is 0 Å². The number of hydrogen-bond acceptors (Lipinski definition) is 2. The van der Waals surface area contributed by atoms with Gasteiger partial charge in [-0.05, 0) is 6.07 Å². The average Bonchev–Trinajstić information content (AvgIpc) is 2.56. The van der Waals surface area contributed by atoms with Crippen LogP contribution in [0.25, 0.3) is 10.9 Å². The zero-order valence-electron chi connectivity index (χ0n) is 6.77. The number of aliphatic hydroxyl groups is 1. The third-order valence-corrected chi connectivity index (χ3v) is 3.73. The van der Waals surface area contributed by atoms with Crippen LogP contribution in [0.15, 0.2) is 30.5 Å². The fraction of sp³-hybridized carbons (Fsp3) is 0.111. The summed E-state index contributed by atoms with van der Waals surface area (Å²) in [5.41, 5.74) is 2.14. The van der Waals surface area contributed by atoms with Gasteiger partial charge in [-0.3, -0.25) is 3.97 Å². The van der Waals surface area contributed by atoms with Crippen molar-refractivity contribution in [3.05, 3.63) is 36.0 Å². The fourth-order valence-corrected chi connectivity index (χ4v) is 2.78. The van der Waals surface area contributed by atoms with Crippen LogP contribution in [0, 0.1) is 0 Å². The molecule has 2 rings (SSSR count). The van der Waals surface area contributed by atoms with Crippen LogP contribution in [0.2, 0.25) is 0 Å². The molecule has 0 atom stereocenters. The Labute approximate surface area is 92.7 Å². The molecule has 0 saturated heterocycles. The molecule has 2 nitrogen and oxygen atoms in total. The molecular weight excluding hydrogens is 297 g/mol. The van der Waals surface area contributed by atoms with E-state index in [4.69, 9.17) is 5.11 Å². The quantitative estimate of drug-likeness (QED) is 0.863. The third-order valence-electron chi connectivity index (χ3n) is 2.01. The first-order valence-electron chi connectivity index (χ1n) is 3.85. The van der Waals surface area contributed by atoms with Crippen LogP contribution in [-0.4, -0.2) is 9.08 Å². The monoisotopic (exact) mass is 305 g/mol. The van der Waals surface area contributed by atoms with Gasteiger partial charge in [-0.1, -0.05) is 18.2 Å². The maximum atomic E-state index is 9.12. The maximum absolute atomic E-state index is 9.12. The van der Waals surface area contributed by atoms with Gasteiger partial charge in [0.2, 0.25) is 0 Å². The lowest BCUT2D eigenvalue weighted by atomic mass is 10.2. The number of aromatic nitrogens is 1. The number of para-hydroxylation sites is 1. The molecule has 0 aliphatic carbocycles. The Morgan fingerprint density at radius 1 is 1.38 bits per heavy atom. The van der Waals surface area contributed by atoms with E-state index in [2.05, 4.69) is 31.2 Å². The van der Waals surface area contributed by atoms with E-state index >= 15 is 0 Å². The minimum Gasteiger partial charge on any atom is -0.392 e. The van der Waals surface area contributed by atoms with Crippen molar-refractivity contribution in [3.63, 3.8) is 0 Å². The largest absolute Gasteiger partial charge is 0.392 e. The van der Waals surface area contributed by atoms with Crippen molar-refractivity contribution in [3.8, 4) is 0 Å². The van der Waals surface area contributed by atoms with Gasteiger partial charge in [0.05, 0.1) is 12.1 Å². The first-order chi connectivity index (χ1) is 6.36. The summed E-state index contributed by atoms with van der Waals surface area (Å²) in [4.78, 5) is 0. The molecule has 0 fully saturated rings. The highest BCUT2D eigenvalue weighted by molar-refractivity contribution is 14.2. The van der Waals surface area contributed by atoms with Crippen molar-refractivity contribution in [1.29, 1.82) is 0 Å².